The van der Waals surface area contributed by atoms with Gasteiger partial charge in [-0.3, -0.25) is 4.72 Å². The van der Waals surface area contributed by atoms with Crippen LogP contribution >= 0.6 is 47.0 Å². The lowest BCUT2D eigenvalue weighted by molar-refractivity contribution is 0.578. The molecule has 0 radical (unpaired) electrons. The summed E-state index contributed by atoms with van der Waals surface area (Å²) in [6, 6.07) is 13.5. The zero-order chi connectivity index (χ0) is 25.9. The van der Waals surface area contributed by atoms with Crippen molar-refractivity contribution in [3.63, 3.8) is 0 Å². The van der Waals surface area contributed by atoms with Crippen molar-refractivity contribution < 1.29 is 12.8 Å². The van der Waals surface area contributed by atoms with E-state index in [1.807, 2.05) is 0 Å². The van der Waals surface area contributed by atoms with E-state index in [0.29, 0.717) is 16.4 Å². The van der Waals surface area contributed by atoms with Crippen molar-refractivity contribution in [2.45, 2.75) is 24.2 Å². The van der Waals surface area contributed by atoms with Crippen LogP contribution in [0.1, 0.15) is 19.3 Å². The van der Waals surface area contributed by atoms with Crippen LogP contribution in [-0.4, -0.2) is 26.6 Å². The summed E-state index contributed by atoms with van der Waals surface area (Å²) in [4.78, 5) is 2.19. The van der Waals surface area contributed by atoms with Gasteiger partial charge >= 0.3 is 0 Å². The van der Waals surface area contributed by atoms with Crippen LogP contribution in [0.2, 0.25) is 15.1 Å². The number of sulfonamides is 1. The highest BCUT2D eigenvalue weighted by atomic mass is 35.5. The minimum atomic E-state index is -4.00. The molecule has 36 heavy (non-hydrogen) atoms. The largest absolute Gasteiger partial charge is 0.370 e. The van der Waals surface area contributed by atoms with Gasteiger partial charge in [0.2, 0.25) is 0 Å². The Kier molecular flexibility index (Phi) is 8.47. The Morgan fingerprint density at radius 2 is 1.61 bits per heavy atom. The van der Waals surface area contributed by atoms with E-state index in [1.54, 1.807) is 12.1 Å². The second-order valence-electron chi connectivity index (χ2n) is 8.16. The standard InChI is InChI=1S/C24H22Cl3FN4O2S2/c25-15-4-7-18(26)21(12-15)31-36(33,34)17-6-9-23(32-10-2-1-3-11-32)22(14-17)30-24(35)29-16-5-8-20(28)19(27)13-16/h4-9,12-14,31H,1-3,10-11H2,(H2,29,30,35). The highest BCUT2D eigenvalue weighted by Crippen LogP contribution is 2.33. The molecule has 3 aromatic carbocycles. The van der Waals surface area contributed by atoms with Gasteiger partial charge in [-0.25, -0.2) is 12.8 Å². The van der Waals surface area contributed by atoms with Gasteiger partial charge < -0.3 is 15.5 Å². The Balaban J connectivity index is 1.64. The maximum Gasteiger partial charge on any atom is 0.262 e. The molecular weight excluding hydrogens is 566 g/mol. The van der Waals surface area contributed by atoms with Gasteiger partial charge in [0.05, 0.1) is 32.0 Å². The van der Waals surface area contributed by atoms with E-state index in [1.165, 1.54) is 42.5 Å². The maximum absolute atomic E-state index is 13.5. The van der Waals surface area contributed by atoms with Crippen molar-refractivity contribution in [3.8, 4) is 0 Å². The van der Waals surface area contributed by atoms with E-state index in [0.717, 1.165) is 38.0 Å². The highest BCUT2D eigenvalue weighted by Gasteiger charge is 2.21. The molecule has 1 fully saturated rings. The molecule has 0 aromatic heterocycles. The average Bonchev–Trinajstić information content (AvgIpc) is 2.84. The molecule has 4 rings (SSSR count). The van der Waals surface area contributed by atoms with Crippen LogP contribution in [0.4, 0.5) is 27.1 Å². The Labute approximate surface area is 229 Å². The third kappa shape index (κ3) is 6.52. The summed E-state index contributed by atoms with van der Waals surface area (Å²) in [7, 11) is -4.00. The number of nitrogens with one attached hydrogen (secondary N) is 3. The van der Waals surface area contributed by atoms with E-state index in [2.05, 4.69) is 20.3 Å². The van der Waals surface area contributed by atoms with Crippen LogP contribution in [0.5, 0.6) is 0 Å². The predicted molar refractivity (Wildman–Crippen MR) is 151 cm³/mol. The van der Waals surface area contributed by atoms with Gasteiger partial charge in [-0.2, -0.15) is 0 Å². The first-order valence-corrected chi connectivity index (χ1v) is 14.0. The van der Waals surface area contributed by atoms with Crippen LogP contribution in [-0.2, 0) is 10.0 Å². The third-order valence-corrected chi connectivity index (χ3v) is 8.00. The summed E-state index contributed by atoms with van der Waals surface area (Å²) >= 11 is 23.5. The van der Waals surface area contributed by atoms with E-state index in [4.69, 9.17) is 47.0 Å². The first kappa shape index (κ1) is 26.8. The number of benzene rings is 3. The quantitative estimate of drug-likeness (QED) is 0.261. The lowest BCUT2D eigenvalue weighted by Gasteiger charge is -2.31. The molecule has 0 spiro atoms. The van der Waals surface area contributed by atoms with Crippen molar-refractivity contribution in [3.05, 3.63) is 75.5 Å². The van der Waals surface area contributed by atoms with Crippen molar-refractivity contribution in [2.24, 2.45) is 0 Å². The van der Waals surface area contributed by atoms with Gasteiger partial charge in [0.1, 0.15) is 5.82 Å². The van der Waals surface area contributed by atoms with Gasteiger partial charge in [-0.1, -0.05) is 34.8 Å². The average molecular weight is 588 g/mol. The molecule has 0 saturated carbocycles. The molecule has 12 heteroatoms. The Morgan fingerprint density at radius 3 is 2.33 bits per heavy atom. The molecule has 190 valence electrons. The molecular formula is C24H22Cl3FN4O2S2. The number of thiocarbonyl (C=S) groups is 1. The summed E-state index contributed by atoms with van der Waals surface area (Å²) in [6.07, 6.45) is 3.21. The molecule has 1 saturated heterocycles. The number of anilines is 4. The van der Waals surface area contributed by atoms with Gasteiger partial charge in [-0.05, 0) is 86.1 Å². The van der Waals surface area contributed by atoms with Gasteiger partial charge in [0, 0.05) is 23.8 Å². The van der Waals surface area contributed by atoms with Gasteiger partial charge in [-0.15, -0.1) is 0 Å². The normalized spacial score (nSPS) is 13.8. The lowest BCUT2D eigenvalue weighted by Crippen LogP contribution is -2.31. The number of hydrogen-bond donors (Lipinski definition) is 3. The van der Waals surface area contributed by atoms with Gasteiger partial charge in [0.25, 0.3) is 10.0 Å². The number of halogens is 4. The number of rotatable bonds is 6. The summed E-state index contributed by atoms with van der Waals surface area (Å²) < 4.78 is 42.4. The van der Waals surface area contributed by atoms with Crippen LogP contribution in [0.3, 0.4) is 0 Å². The van der Waals surface area contributed by atoms with E-state index < -0.39 is 15.8 Å². The summed E-state index contributed by atoms with van der Waals surface area (Å²) in [5.74, 6) is -0.543. The van der Waals surface area contributed by atoms with Crippen LogP contribution < -0.4 is 20.3 Å². The monoisotopic (exact) mass is 586 g/mol. The molecule has 3 aromatic rings. The smallest absolute Gasteiger partial charge is 0.262 e. The summed E-state index contributed by atoms with van der Waals surface area (Å²) in [6.45, 7) is 1.68. The predicted octanol–water partition coefficient (Wildman–Crippen LogP) is 7.39. The minimum Gasteiger partial charge on any atom is -0.370 e. The van der Waals surface area contributed by atoms with Crippen LogP contribution in [0.25, 0.3) is 0 Å². The second-order valence-corrected chi connectivity index (χ2v) is 11.5. The summed E-state index contributed by atoms with van der Waals surface area (Å²) in [5.41, 5.74) is 1.97. The molecule has 1 aliphatic rings. The molecule has 0 unspecified atom stereocenters. The van der Waals surface area contributed by atoms with Crippen molar-refractivity contribution in [2.75, 3.05) is 33.3 Å². The lowest BCUT2D eigenvalue weighted by atomic mass is 10.1. The third-order valence-electron chi connectivity index (χ3n) is 5.57. The fourth-order valence-electron chi connectivity index (χ4n) is 3.83. The molecule has 3 N–H and O–H groups in total. The first-order chi connectivity index (χ1) is 17.1. The zero-order valence-electron chi connectivity index (χ0n) is 18.8. The summed E-state index contributed by atoms with van der Waals surface area (Å²) in [5, 5.41) is 6.75. The number of nitrogens with zero attached hydrogens (tertiary/aromatic N) is 1. The van der Waals surface area contributed by atoms with Crippen LogP contribution in [0.15, 0.2) is 59.5 Å². The number of piperidine rings is 1. The minimum absolute atomic E-state index is 0.00873. The number of hydrogen-bond acceptors (Lipinski definition) is 4. The van der Waals surface area contributed by atoms with E-state index in [9.17, 15) is 12.8 Å². The molecule has 1 heterocycles. The molecule has 6 nitrogen and oxygen atoms in total. The molecule has 0 amide bonds. The molecule has 0 bridgehead atoms. The Hall–Kier alpha value is -2.30. The molecule has 0 atom stereocenters. The fourth-order valence-corrected chi connectivity index (χ4v) is 5.73. The zero-order valence-corrected chi connectivity index (χ0v) is 22.7. The second kappa shape index (κ2) is 11.4. The van der Waals surface area contributed by atoms with Crippen molar-refractivity contribution in [1.82, 2.24) is 0 Å². The maximum atomic E-state index is 13.5. The topological polar surface area (TPSA) is 73.5 Å². The molecule has 1 aliphatic heterocycles. The van der Waals surface area contributed by atoms with Crippen LogP contribution in [0, 0.1) is 5.82 Å². The Bertz CT molecular complexity index is 1400. The Morgan fingerprint density at radius 1 is 0.861 bits per heavy atom. The fraction of sp³-hybridized carbons (Fsp3) is 0.208. The van der Waals surface area contributed by atoms with Crippen molar-refractivity contribution in [1.29, 1.82) is 0 Å². The SMILES string of the molecule is O=S(=O)(Nc1cc(Cl)ccc1Cl)c1ccc(N2CCCCC2)c(NC(=S)Nc2ccc(F)c(Cl)c2)c1. The van der Waals surface area contributed by atoms with E-state index in [-0.39, 0.29) is 25.7 Å². The highest BCUT2D eigenvalue weighted by molar-refractivity contribution is 7.92. The van der Waals surface area contributed by atoms with E-state index >= 15 is 0 Å². The van der Waals surface area contributed by atoms with Crippen molar-refractivity contribution >= 4 is 84.9 Å². The van der Waals surface area contributed by atoms with Gasteiger partial charge in [0.15, 0.2) is 5.11 Å². The first-order valence-electron chi connectivity index (χ1n) is 11.0. The molecule has 0 aliphatic carbocycles.